The Morgan fingerprint density at radius 1 is 1.11 bits per heavy atom. The zero-order valence-electron chi connectivity index (χ0n) is 17.5. The van der Waals surface area contributed by atoms with Crippen LogP contribution in [0.1, 0.15) is 70.9 Å². The molecule has 2 N–H and O–H groups in total. The molecule has 0 radical (unpaired) electrons. The van der Waals surface area contributed by atoms with Crippen LogP contribution in [-0.2, 0) is 25.0 Å². The van der Waals surface area contributed by atoms with E-state index in [0.29, 0.717) is 5.56 Å². The van der Waals surface area contributed by atoms with Gasteiger partial charge in [-0.1, -0.05) is 52.2 Å². The summed E-state index contributed by atoms with van der Waals surface area (Å²) in [6, 6.07) is 4.32. The number of nitrogens with one attached hydrogen (secondary N) is 2. The highest BCUT2D eigenvalue weighted by Gasteiger charge is 2.28. The first kappa shape index (κ1) is 22.4. The number of hydrogen-bond acceptors (Lipinski definition) is 4. The van der Waals surface area contributed by atoms with Gasteiger partial charge in [-0.05, 0) is 49.3 Å². The monoisotopic (exact) mass is 408 g/mol. The highest BCUT2D eigenvalue weighted by atomic mass is 32.2. The number of carbonyl (C=O) groups is 2. The molecule has 1 aliphatic rings. The maximum absolute atomic E-state index is 12.8. The third-order valence-electron chi connectivity index (χ3n) is 5.31. The molecule has 0 spiro atoms. The standard InChI is InChI=1S/C21H32N2O4S/c1-14-11-12-17(21(3,4)5)13-18(14)28(26,27)23-19(24)15(2)22-20(25)16-9-7-6-8-10-16/h11-13,15-16H,6-10H2,1-5H3,(H,22,25)(H,23,24). The minimum Gasteiger partial charge on any atom is -0.344 e. The van der Waals surface area contributed by atoms with Crippen LogP contribution in [0.5, 0.6) is 0 Å². The Morgan fingerprint density at radius 2 is 1.71 bits per heavy atom. The zero-order chi connectivity index (χ0) is 21.1. The average Bonchev–Trinajstić information content (AvgIpc) is 2.61. The second-order valence-electron chi connectivity index (χ2n) is 8.77. The van der Waals surface area contributed by atoms with Gasteiger partial charge in [-0.3, -0.25) is 9.59 Å². The second-order valence-corrected chi connectivity index (χ2v) is 10.4. The van der Waals surface area contributed by atoms with E-state index in [1.54, 1.807) is 19.1 Å². The molecule has 1 fully saturated rings. The number of hydrogen-bond donors (Lipinski definition) is 2. The van der Waals surface area contributed by atoms with Crippen molar-refractivity contribution in [3.63, 3.8) is 0 Å². The van der Waals surface area contributed by atoms with Gasteiger partial charge in [0.2, 0.25) is 5.91 Å². The molecule has 6 nitrogen and oxygen atoms in total. The van der Waals surface area contributed by atoms with Gasteiger partial charge in [0, 0.05) is 5.92 Å². The summed E-state index contributed by atoms with van der Waals surface area (Å²) >= 11 is 0. The molecule has 0 bridgehead atoms. The second kappa shape index (κ2) is 8.64. The molecule has 2 amide bonds. The van der Waals surface area contributed by atoms with E-state index in [1.807, 2.05) is 26.8 Å². The van der Waals surface area contributed by atoms with Crippen molar-refractivity contribution >= 4 is 21.8 Å². The highest BCUT2D eigenvalue weighted by Crippen LogP contribution is 2.27. The zero-order valence-corrected chi connectivity index (χ0v) is 18.3. The van der Waals surface area contributed by atoms with Crippen molar-refractivity contribution in [2.45, 2.75) is 83.1 Å². The molecule has 1 unspecified atom stereocenters. The molecule has 1 saturated carbocycles. The molecule has 0 heterocycles. The van der Waals surface area contributed by atoms with Crippen LogP contribution in [-0.4, -0.2) is 26.3 Å². The maximum Gasteiger partial charge on any atom is 0.264 e. The molecule has 0 aromatic heterocycles. The van der Waals surface area contributed by atoms with Crippen molar-refractivity contribution in [3.05, 3.63) is 29.3 Å². The summed E-state index contributed by atoms with van der Waals surface area (Å²) in [5.74, 6) is -0.998. The van der Waals surface area contributed by atoms with Crippen molar-refractivity contribution in [1.29, 1.82) is 0 Å². The van der Waals surface area contributed by atoms with Crippen LogP contribution >= 0.6 is 0 Å². The number of amides is 2. The summed E-state index contributed by atoms with van der Waals surface area (Å²) in [7, 11) is -4.03. The van der Waals surface area contributed by atoms with Crippen molar-refractivity contribution in [1.82, 2.24) is 10.0 Å². The molecule has 0 saturated heterocycles. The predicted octanol–water partition coefficient (Wildman–Crippen LogP) is 3.18. The predicted molar refractivity (Wildman–Crippen MR) is 109 cm³/mol. The first-order valence-electron chi connectivity index (χ1n) is 9.90. The minimum atomic E-state index is -4.03. The molecule has 28 heavy (non-hydrogen) atoms. The van der Waals surface area contributed by atoms with Gasteiger partial charge in [-0.2, -0.15) is 0 Å². The molecule has 2 rings (SSSR count). The van der Waals surface area contributed by atoms with Crippen LogP contribution in [0.3, 0.4) is 0 Å². The molecule has 1 aliphatic carbocycles. The molecule has 1 aromatic rings. The van der Waals surface area contributed by atoms with Crippen LogP contribution in [0, 0.1) is 12.8 Å². The van der Waals surface area contributed by atoms with Crippen LogP contribution in [0.4, 0.5) is 0 Å². The van der Waals surface area contributed by atoms with E-state index in [0.717, 1.165) is 37.7 Å². The average molecular weight is 409 g/mol. The van der Waals surface area contributed by atoms with E-state index < -0.39 is 22.0 Å². The lowest BCUT2D eigenvalue weighted by Gasteiger charge is -2.23. The van der Waals surface area contributed by atoms with Crippen LogP contribution in [0.15, 0.2) is 23.1 Å². The Bertz CT molecular complexity index is 834. The number of sulfonamides is 1. The van der Waals surface area contributed by atoms with Gasteiger partial charge in [-0.15, -0.1) is 0 Å². The molecular formula is C21H32N2O4S. The SMILES string of the molecule is Cc1ccc(C(C)(C)C)cc1S(=O)(=O)NC(=O)C(C)NC(=O)C1CCCCC1. The summed E-state index contributed by atoms with van der Waals surface area (Å²) in [6.45, 7) is 9.18. The Hall–Kier alpha value is -1.89. The van der Waals surface area contributed by atoms with Gasteiger partial charge in [-0.25, -0.2) is 13.1 Å². The van der Waals surface area contributed by atoms with Crippen molar-refractivity contribution in [3.8, 4) is 0 Å². The lowest BCUT2D eigenvalue weighted by Crippen LogP contribution is -2.48. The van der Waals surface area contributed by atoms with E-state index >= 15 is 0 Å². The molecular weight excluding hydrogens is 376 g/mol. The Morgan fingerprint density at radius 3 is 2.29 bits per heavy atom. The van der Waals surface area contributed by atoms with E-state index in [4.69, 9.17) is 0 Å². The Labute approximate surface area is 168 Å². The third-order valence-corrected chi connectivity index (χ3v) is 6.80. The van der Waals surface area contributed by atoms with Crippen LogP contribution in [0.25, 0.3) is 0 Å². The Kier molecular flexibility index (Phi) is 6.91. The first-order valence-corrected chi connectivity index (χ1v) is 11.4. The summed E-state index contributed by atoms with van der Waals surface area (Å²) in [5.41, 5.74) is 1.21. The van der Waals surface area contributed by atoms with Crippen LogP contribution < -0.4 is 10.0 Å². The molecule has 1 aromatic carbocycles. The maximum atomic E-state index is 12.8. The fourth-order valence-electron chi connectivity index (χ4n) is 3.39. The van der Waals surface area contributed by atoms with Crippen molar-refractivity contribution < 1.29 is 18.0 Å². The number of aryl methyl sites for hydroxylation is 1. The van der Waals surface area contributed by atoms with Gasteiger partial charge in [0.15, 0.2) is 0 Å². The van der Waals surface area contributed by atoms with E-state index in [1.165, 1.54) is 6.92 Å². The van der Waals surface area contributed by atoms with Crippen molar-refractivity contribution in [2.75, 3.05) is 0 Å². The largest absolute Gasteiger partial charge is 0.344 e. The Balaban J connectivity index is 2.10. The van der Waals surface area contributed by atoms with Crippen LogP contribution in [0.2, 0.25) is 0 Å². The third kappa shape index (κ3) is 5.56. The van der Waals surface area contributed by atoms with Crippen molar-refractivity contribution in [2.24, 2.45) is 5.92 Å². The van der Waals surface area contributed by atoms with E-state index in [2.05, 4.69) is 10.0 Å². The fourth-order valence-corrected chi connectivity index (χ4v) is 4.72. The summed E-state index contributed by atoms with van der Waals surface area (Å²) < 4.78 is 27.7. The fraction of sp³-hybridized carbons (Fsp3) is 0.619. The molecule has 7 heteroatoms. The first-order chi connectivity index (χ1) is 12.9. The highest BCUT2D eigenvalue weighted by molar-refractivity contribution is 7.90. The topological polar surface area (TPSA) is 92.3 Å². The normalized spacial score (nSPS) is 17.0. The molecule has 1 atom stereocenters. The van der Waals surface area contributed by atoms with Gasteiger partial charge >= 0.3 is 0 Å². The summed E-state index contributed by atoms with van der Waals surface area (Å²) in [4.78, 5) is 24.8. The minimum absolute atomic E-state index is 0.0825. The van der Waals surface area contributed by atoms with E-state index in [-0.39, 0.29) is 22.1 Å². The van der Waals surface area contributed by atoms with Gasteiger partial charge in [0.25, 0.3) is 15.9 Å². The smallest absolute Gasteiger partial charge is 0.264 e. The number of benzene rings is 1. The lowest BCUT2D eigenvalue weighted by atomic mass is 9.87. The quantitative estimate of drug-likeness (QED) is 0.783. The summed E-state index contributed by atoms with van der Waals surface area (Å²) in [5, 5.41) is 2.66. The van der Waals surface area contributed by atoms with Gasteiger partial charge < -0.3 is 5.32 Å². The molecule has 0 aliphatic heterocycles. The number of rotatable bonds is 5. The van der Waals surface area contributed by atoms with E-state index in [9.17, 15) is 18.0 Å². The summed E-state index contributed by atoms with van der Waals surface area (Å²) in [6.07, 6.45) is 4.78. The van der Waals surface area contributed by atoms with Gasteiger partial charge in [0.1, 0.15) is 6.04 Å². The molecule has 156 valence electrons. The lowest BCUT2D eigenvalue weighted by molar-refractivity contribution is -0.130. The van der Waals surface area contributed by atoms with Gasteiger partial charge in [0.05, 0.1) is 4.90 Å². The number of carbonyl (C=O) groups excluding carboxylic acids is 2.